The molecular formula is C22H37IN4O3. The maximum absolute atomic E-state index is 12.0. The Kier molecular flexibility index (Phi) is 13.5. The summed E-state index contributed by atoms with van der Waals surface area (Å²) in [5.41, 5.74) is 2.20. The summed E-state index contributed by atoms with van der Waals surface area (Å²) in [6.07, 6.45) is 5.08. The van der Waals surface area contributed by atoms with Crippen LogP contribution in [0.15, 0.2) is 23.2 Å². The fraction of sp³-hybridized carbons (Fsp3) is 0.636. The first-order valence-electron chi connectivity index (χ1n) is 10.7. The second kappa shape index (κ2) is 15.3. The van der Waals surface area contributed by atoms with E-state index in [4.69, 9.17) is 9.47 Å². The molecule has 1 aliphatic rings. The molecule has 1 aromatic carbocycles. The Hall–Kier alpha value is -1.55. The molecule has 1 fully saturated rings. The van der Waals surface area contributed by atoms with Crippen molar-refractivity contribution < 1.29 is 14.3 Å². The monoisotopic (exact) mass is 532 g/mol. The summed E-state index contributed by atoms with van der Waals surface area (Å²) in [6, 6.07) is 6.52. The number of carbonyl (C=O) groups excluding carboxylic acids is 1. The fourth-order valence-electron chi connectivity index (χ4n) is 3.36. The van der Waals surface area contributed by atoms with E-state index >= 15 is 0 Å². The van der Waals surface area contributed by atoms with Crippen molar-refractivity contribution in [2.75, 3.05) is 33.4 Å². The van der Waals surface area contributed by atoms with Crippen molar-refractivity contribution in [3.8, 4) is 5.75 Å². The van der Waals surface area contributed by atoms with E-state index in [1.807, 2.05) is 19.9 Å². The van der Waals surface area contributed by atoms with Crippen LogP contribution < -0.4 is 20.7 Å². The minimum Gasteiger partial charge on any atom is -0.491 e. The lowest BCUT2D eigenvalue weighted by Gasteiger charge is -2.16. The van der Waals surface area contributed by atoms with E-state index in [1.165, 1.54) is 12.8 Å². The molecule has 1 amide bonds. The van der Waals surface area contributed by atoms with Gasteiger partial charge in [0, 0.05) is 44.8 Å². The van der Waals surface area contributed by atoms with Crippen LogP contribution in [-0.4, -0.2) is 51.3 Å². The summed E-state index contributed by atoms with van der Waals surface area (Å²) in [5, 5.41) is 9.60. The number of ether oxygens (including phenoxy) is 2. The third-order valence-corrected chi connectivity index (χ3v) is 4.95. The van der Waals surface area contributed by atoms with Crippen LogP contribution in [0, 0.1) is 6.92 Å². The van der Waals surface area contributed by atoms with Gasteiger partial charge in [-0.3, -0.25) is 9.79 Å². The highest BCUT2D eigenvalue weighted by molar-refractivity contribution is 14.0. The van der Waals surface area contributed by atoms with Gasteiger partial charge in [-0.05, 0) is 38.3 Å². The Morgan fingerprint density at radius 3 is 2.67 bits per heavy atom. The Balaban J connectivity index is 0.00000450. The predicted octanol–water partition coefficient (Wildman–Crippen LogP) is 3.14. The maximum atomic E-state index is 12.0. The van der Waals surface area contributed by atoms with Crippen LogP contribution in [0.2, 0.25) is 0 Å². The number of carbonyl (C=O) groups is 1. The molecule has 8 heteroatoms. The average Bonchev–Trinajstić information content (AvgIpc) is 3.22. The Bertz CT molecular complexity index is 664. The fourth-order valence-corrected chi connectivity index (χ4v) is 3.36. The number of aliphatic imine (C=N–C) groups is 1. The van der Waals surface area contributed by atoms with E-state index < -0.39 is 0 Å². The lowest BCUT2D eigenvalue weighted by Crippen LogP contribution is -2.40. The average molecular weight is 532 g/mol. The number of aryl methyl sites for hydroxylation is 1. The molecule has 0 spiro atoms. The van der Waals surface area contributed by atoms with Gasteiger partial charge in [-0.15, -0.1) is 24.0 Å². The number of amides is 1. The number of halogens is 1. The zero-order chi connectivity index (χ0) is 20.9. The third-order valence-electron chi connectivity index (χ3n) is 4.95. The van der Waals surface area contributed by atoms with E-state index in [-0.39, 0.29) is 29.9 Å². The molecule has 0 saturated heterocycles. The highest BCUT2D eigenvalue weighted by Gasteiger charge is 2.16. The summed E-state index contributed by atoms with van der Waals surface area (Å²) < 4.78 is 11.2. The van der Waals surface area contributed by atoms with Crippen LogP contribution in [0.5, 0.6) is 5.75 Å². The highest BCUT2D eigenvalue weighted by Crippen LogP contribution is 2.20. The molecule has 7 nitrogen and oxygen atoms in total. The van der Waals surface area contributed by atoms with Crippen LogP contribution in [0.1, 0.15) is 50.2 Å². The number of rotatable bonds is 11. The molecule has 0 radical (unpaired) electrons. The summed E-state index contributed by atoms with van der Waals surface area (Å²) >= 11 is 0. The summed E-state index contributed by atoms with van der Waals surface area (Å²) in [5.74, 6) is 1.62. The molecule has 0 bridgehead atoms. The van der Waals surface area contributed by atoms with Crippen molar-refractivity contribution in [2.24, 2.45) is 4.99 Å². The second-order valence-corrected chi connectivity index (χ2v) is 7.31. The first kappa shape index (κ1) is 26.5. The van der Waals surface area contributed by atoms with Crippen molar-refractivity contribution in [3.63, 3.8) is 0 Å². The molecule has 1 aliphatic carbocycles. The minimum absolute atomic E-state index is 0. The Morgan fingerprint density at radius 2 is 1.97 bits per heavy atom. The van der Waals surface area contributed by atoms with Gasteiger partial charge in [-0.25, -0.2) is 0 Å². The van der Waals surface area contributed by atoms with E-state index in [0.717, 1.165) is 29.7 Å². The van der Waals surface area contributed by atoms with Gasteiger partial charge >= 0.3 is 0 Å². The topological polar surface area (TPSA) is 84.0 Å². The van der Waals surface area contributed by atoms with Crippen molar-refractivity contribution in [3.05, 3.63) is 29.3 Å². The van der Waals surface area contributed by atoms with E-state index in [1.54, 1.807) is 7.05 Å². The molecule has 30 heavy (non-hydrogen) atoms. The van der Waals surface area contributed by atoms with Gasteiger partial charge in [0.15, 0.2) is 5.96 Å². The molecular weight excluding hydrogens is 495 g/mol. The Morgan fingerprint density at radius 1 is 1.20 bits per heavy atom. The molecule has 0 aliphatic heterocycles. The molecule has 0 aromatic heterocycles. The van der Waals surface area contributed by atoms with Gasteiger partial charge in [0.25, 0.3) is 0 Å². The van der Waals surface area contributed by atoms with Crippen LogP contribution in [0.25, 0.3) is 0 Å². The summed E-state index contributed by atoms with van der Waals surface area (Å²) in [4.78, 5) is 16.3. The van der Waals surface area contributed by atoms with Crippen molar-refractivity contribution >= 4 is 35.8 Å². The number of hydrogen-bond acceptors (Lipinski definition) is 4. The normalized spacial score (nSPS) is 14.2. The van der Waals surface area contributed by atoms with E-state index in [9.17, 15) is 4.79 Å². The van der Waals surface area contributed by atoms with Crippen LogP contribution in [0.3, 0.4) is 0 Å². The SMILES string of the molecule is CCOCCOc1cc(C)ccc1CNC(=NC)NCCC(=O)NC1CCCC1.I. The zero-order valence-corrected chi connectivity index (χ0v) is 20.8. The van der Waals surface area contributed by atoms with Gasteiger partial charge in [0.1, 0.15) is 12.4 Å². The van der Waals surface area contributed by atoms with Gasteiger partial charge < -0.3 is 25.4 Å². The molecule has 0 atom stereocenters. The first-order valence-corrected chi connectivity index (χ1v) is 10.7. The van der Waals surface area contributed by atoms with Crippen LogP contribution in [0.4, 0.5) is 0 Å². The van der Waals surface area contributed by atoms with Crippen LogP contribution >= 0.6 is 24.0 Å². The molecule has 3 N–H and O–H groups in total. The molecule has 0 unspecified atom stereocenters. The molecule has 2 rings (SSSR count). The smallest absolute Gasteiger partial charge is 0.221 e. The minimum atomic E-state index is 0. The standard InChI is InChI=1S/C22H36N4O3.HI/c1-4-28-13-14-29-20-15-17(2)9-10-18(20)16-25-22(23-3)24-12-11-21(27)26-19-7-5-6-8-19;/h9-10,15,19H,4-8,11-14,16H2,1-3H3,(H,26,27)(H2,23,24,25);1H. The summed E-state index contributed by atoms with van der Waals surface area (Å²) in [6.45, 7) is 6.92. The number of benzene rings is 1. The first-order chi connectivity index (χ1) is 14.1. The van der Waals surface area contributed by atoms with Gasteiger partial charge in [-0.2, -0.15) is 0 Å². The van der Waals surface area contributed by atoms with E-state index in [0.29, 0.717) is 51.3 Å². The van der Waals surface area contributed by atoms with Crippen molar-refractivity contribution in [2.45, 2.75) is 58.5 Å². The number of nitrogens with zero attached hydrogens (tertiary/aromatic N) is 1. The summed E-state index contributed by atoms with van der Waals surface area (Å²) in [7, 11) is 1.72. The highest BCUT2D eigenvalue weighted by atomic mass is 127. The molecule has 170 valence electrons. The number of nitrogens with one attached hydrogen (secondary N) is 3. The molecule has 1 saturated carbocycles. The van der Waals surface area contributed by atoms with Crippen molar-refractivity contribution in [1.82, 2.24) is 16.0 Å². The predicted molar refractivity (Wildman–Crippen MR) is 132 cm³/mol. The number of guanidine groups is 1. The van der Waals surface area contributed by atoms with E-state index in [2.05, 4.69) is 33.1 Å². The molecule has 1 aromatic rings. The van der Waals surface area contributed by atoms with Gasteiger partial charge in [-0.1, -0.05) is 25.0 Å². The third kappa shape index (κ3) is 9.97. The zero-order valence-electron chi connectivity index (χ0n) is 18.5. The second-order valence-electron chi connectivity index (χ2n) is 7.31. The Labute approximate surface area is 197 Å². The largest absolute Gasteiger partial charge is 0.491 e. The van der Waals surface area contributed by atoms with Gasteiger partial charge in [0.2, 0.25) is 5.91 Å². The molecule has 0 heterocycles. The lowest BCUT2D eigenvalue weighted by molar-refractivity contribution is -0.121. The lowest BCUT2D eigenvalue weighted by atomic mass is 10.1. The van der Waals surface area contributed by atoms with Gasteiger partial charge in [0.05, 0.1) is 6.61 Å². The van der Waals surface area contributed by atoms with Crippen LogP contribution in [-0.2, 0) is 16.1 Å². The quantitative estimate of drug-likeness (QED) is 0.177. The van der Waals surface area contributed by atoms with Crippen molar-refractivity contribution in [1.29, 1.82) is 0 Å². The number of hydrogen-bond donors (Lipinski definition) is 3. The maximum Gasteiger partial charge on any atom is 0.221 e.